The van der Waals surface area contributed by atoms with Gasteiger partial charge in [-0.05, 0) is 30.7 Å². The van der Waals surface area contributed by atoms with Crippen molar-refractivity contribution < 1.29 is 14.1 Å². The fourth-order valence-corrected chi connectivity index (χ4v) is 3.11. The number of nitrogens with one attached hydrogen (secondary N) is 1. The molecule has 1 N–H and O–H groups in total. The first-order valence-electron chi connectivity index (χ1n) is 9.43. The highest BCUT2D eigenvalue weighted by Gasteiger charge is 2.17. The highest BCUT2D eigenvalue weighted by Crippen LogP contribution is 2.23. The van der Waals surface area contributed by atoms with Gasteiger partial charge in [0.15, 0.2) is 6.61 Å². The fourth-order valence-electron chi connectivity index (χ4n) is 3.11. The lowest BCUT2D eigenvalue weighted by Gasteiger charge is -2.12. The summed E-state index contributed by atoms with van der Waals surface area (Å²) in [4.78, 5) is 21.7. The van der Waals surface area contributed by atoms with Gasteiger partial charge in [-0.2, -0.15) is 4.98 Å². The van der Waals surface area contributed by atoms with Gasteiger partial charge in [0.1, 0.15) is 5.75 Å². The van der Waals surface area contributed by atoms with Gasteiger partial charge >= 0.3 is 0 Å². The summed E-state index contributed by atoms with van der Waals surface area (Å²) in [6.07, 6.45) is 0.924. The third-order valence-electron chi connectivity index (χ3n) is 4.39. The van der Waals surface area contributed by atoms with Crippen molar-refractivity contribution in [2.75, 3.05) is 5.32 Å². The molecule has 0 fully saturated rings. The molecule has 8 nitrogen and oxygen atoms in total. The molecule has 0 saturated carbocycles. The minimum atomic E-state index is -0.294. The maximum Gasteiger partial charge on any atom is 0.261 e. The van der Waals surface area contributed by atoms with Crippen LogP contribution in [0, 0.1) is 6.92 Å². The number of rotatable bonds is 7. The number of carbonyl (C=O) groups excluding carboxylic acids is 1. The molecule has 8 heteroatoms. The molecule has 2 aromatic carbocycles. The number of amides is 1. The molecule has 0 unspecified atom stereocenters. The van der Waals surface area contributed by atoms with E-state index in [1.165, 1.54) is 0 Å². The van der Waals surface area contributed by atoms with Crippen molar-refractivity contribution >= 4 is 22.9 Å². The van der Waals surface area contributed by atoms with Crippen molar-refractivity contribution in [3.8, 4) is 5.75 Å². The third-order valence-corrected chi connectivity index (χ3v) is 4.39. The summed E-state index contributed by atoms with van der Waals surface area (Å²) in [5.41, 5.74) is 2.23. The summed E-state index contributed by atoms with van der Waals surface area (Å²) in [7, 11) is 0. The van der Waals surface area contributed by atoms with Crippen LogP contribution in [-0.2, 0) is 13.2 Å². The van der Waals surface area contributed by atoms with Crippen LogP contribution in [-0.4, -0.2) is 25.6 Å². The number of ether oxygens (including phenoxy) is 1. The van der Waals surface area contributed by atoms with Crippen molar-refractivity contribution in [2.24, 2.45) is 0 Å². The predicted octanol–water partition coefficient (Wildman–Crippen LogP) is 3.97. The number of carbonyl (C=O) groups is 1. The van der Waals surface area contributed by atoms with E-state index in [2.05, 4.69) is 27.4 Å². The molecule has 2 aromatic heterocycles. The van der Waals surface area contributed by atoms with Gasteiger partial charge in [0.2, 0.25) is 17.7 Å². The Morgan fingerprint density at radius 3 is 2.72 bits per heavy atom. The van der Waals surface area contributed by atoms with Crippen LogP contribution in [0.1, 0.15) is 35.4 Å². The minimum Gasteiger partial charge on any atom is -0.485 e. The van der Waals surface area contributed by atoms with E-state index in [4.69, 9.17) is 9.26 Å². The van der Waals surface area contributed by atoms with Crippen LogP contribution in [0.15, 0.2) is 53.1 Å². The van der Waals surface area contributed by atoms with Crippen molar-refractivity contribution in [3.63, 3.8) is 0 Å². The molecule has 148 valence electrons. The smallest absolute Gasteiger partial charge is 0.261 e. The monoisotopic (exact) mass is 391 g/mol. The molecular formula is C21H21N5O3. The standard InChI is InChI=1S/C21H21N5O3/c1-3-12-26-17-10-6-5-9-16(17)23-21(26)24-20(27)15-8-4-7-11-18(15)28-13-19-22-14(2)29-25-19/h4-11H,3,12-13H2,1-2H3,(H,23,24,27). The van der Waals surface area contributed by atoms with Crippen LogP contribution in [0.25, 0.3) is 11.0 Å². The lowest BCUT2D eigenvalue weighted by Crippen LogP contribution is -2.17. The van der Waals surface area contributed by atoms with Gasteiger partial charge in [-0.1, -0.05) is 36.3 Å². The lowest BCUT2D eigenvalue weighted by molar-refractivity contribution is 0.102. The van der Waals surface area contributed by atoms with Gasteiger partial charge in [0, 0.05) is 13.5 Å². The number of anilines is 1. The first kappa shape index (κ1) is 18.7. The zero-order valence-corrected chi connectivity index (χ0v) is 16.3. The van der Waals surface area contributed by atoms with E-state index in [9.17, 15) is 4.79 Å². The van der Waals surface area contributed by atoms with Crippen LogP contribution in [0.4, 0.5) is 5.95 Å². The lowest BCUT2D eigenvalue weighted by atomic mass is 10.2. The van der Waals surface area contributed by atoms with E-state index in [-0.39, 0.29) is 12.5 Å². The maximum atomic E-state index is 13.0. The summed E-state index contributed by atoms with van der Waals surface area (Å²) >= 11 is 0. The average molecular weight is 391 g/mol. The Labute approximate surface area is 167 Å². The molecular weight excluding hydrogens is 370 g/mol. The molecule has 1 amide bonds. The molecule has 0 aliphatic rings. The Morgan fingerprint density at radius 1 is 1.14 bits per heavy atom. The van der Waals surface area contributed by atoms with Crippen molar-refractivity contribution in [3.05, 3.63) is 65.8 Å². The number of hydrogen-bond acceptors (Lipinski definition) is 6. The SMILES string of the molecule is CCCn1c(NC(=O)c2ccccc2OCc2noc(C)n2)nc2ccccc21. The zero-order valence-electron chi connectivity index (χ0n) is 16.3. The van der Waals surface area contributed by atoms with E-state index in [0.29, 0.717) is 29.0 Å². The van der Waals surface area contributed by atoms with Gasteiger partial charge in [-0.25, -0.2) is 4.98 Å². The van der Waals surface area contributed by atoms with Crippen molar-refractivity contribution in [2.45, 2.75) is 33.4 Å². The summed E-state index contributed by atoms with van der Waals surface area (Å²) in [6, 6.07) is 14.9. The number of aromatic nitrogens is 4. The Kier molecular flexibility index (Phi) is 5.24. The molecule has 0 aliphatic heterocycles. The Hall–Kier alpha value is -3.68. The number of aryl methyl sites for hydroxylation is 2. The highest BCUT2D eigenvalue weighted by atomic mass is 16.5. The van der Waals surface area contributed by atoms with Gasteiger partial charge in [0.05, 0.1) is 16.6 Å². The number of fused-ring (bicyclic) bond motifs is 1. The van der Waals surface area contributed by atoms with Crippen LogP contribution < -0.4 is 10.1 Å². The number of imidazole rings is 1. The van der Waals surface area contributed by atoms with E-state index >= 15 is 0 Å². The third kappa shape index (κ3) is 3.96. The molecule has 0 atom stereocenters. The largest absolute Gasteiger partial charge is 0.485 e. The van der Waals surface area contributed by atoms with Gasteiger partial charge in [0.25, 0.3) is 5.91 Å². The summed E-state index contributed by atoms with van der Waals surface area (Å²) in [5.74, 6) is 1.54. The normalized spacial score (nSPS) is 11.0. The highest BCUT2D eigenvalue weighted by molar-refractivity contribution is 6.06. The number of hydrogen-bond donors (Lipinski definition) is 1. The molecule has 0 saturated heterocycles. The van der Waals surface area contributed by atoms with Crippen molar-refractivity contribution in [1.29, 1.82) is 0 Å². The summed E-state index contributed by atoms with van der Waals surface area (Å²) in [6.45, 7) is 4.66. The summed E-state index contributed by atoms with van der Waals surface area (Å²) in [5, 5.41) is 6.73. The Morgan fingerprint density at radius 2 is 1.93 bits per heavy atom. The van der Waals surface area contributed by atoms with E-state index in [0.717, 1.165) is 24.0 Å². The number of nitrogens with zero attached hydrogens (tertiary/aromatic N) is 4. The molecule has 0 bridgehead atoms. The van der Waals surface area contributed by atoms with Crippen molar-refractivity contribution in [1.82, 2.24) is 19.7 Å². The van der Waals surface area contributed by atoms with Crippen LogP contribution in [0.2, 0.25) is 0 Å². The quantitative estimate of drug-likeness (QED) is 0.512. The molecule has 0 aliphatic carbocycles. The second-order valence-electron chi connectivity index (χ2n) is 6.54. The maximum absolute atomic E-state index is 13.0. The first-order valence-corrected chi connectivity index (χ1v) is 9.43. The second-order valence-corrected chi connectivity index (χ2v) is 6.54. The molecule has 0 spiro atoms. The number of para-hydroxylation sites is 3. The van der Waals surface area contributed by atoms with Gasteiger partial charge in [-0.15, -0.1) is 0 Å². The minimum absolute atomic E-state index is 0.107. The first-order chi connectivity index (χ1) is 14.2. The molecule has 4 aromatic rings. The zero-order chi connectivity index (χ0) is 20.2. The van der Waals surface area contributed by atoms with E-state index in [1.54, 1.807) is 31.2 Å². The molecule has 0 radical (unpaired) electrons. The predicted molar refractivity (Wildman–Crippen MR) is 108 cm³/mol. The second kappa shape index (κ2) is 8.14. The number of benzene rings is 2. The average Bonchev–Trinajstić information content (AvgIpc) is 3.30. The topological polar surface area (TPSA) is 95.1 Å². The van der Waals surface area contributed by atoms with Gasteiger partial charge < -0.3 is 13.8 Å². The molecule has 4 rings (SSSR count). The molecule has 2 heterocycles. The van der Waals surface area contributed by atoms with Crippen LogP contribution in [0.5, 0.6) is 5.75 Å². The molecule has 29 heavy (non-hydrogen) atoms. The van der Waals surface area contributed by atoms with Crippen LogP contribution in [0.3, 0.4) is 0 Å². The van der Waals surface area contributed by atoms with Gasteiger partial charge in [-0.3, -0.25) is 10.1 Å². The van der Waals surface area contributed by atoms with E-state index in [1.807, 2.05) is 28.8 Å². The Balaban J connectivity index is 1.57. The fraction of sp³-hybridized carbons (Fsp3) is 0.238. The summed E-state index contributed by atoms with van der Waals surface area (Å²) < 4.78 is 12.7. The Bertz CT molecular complexity index is 1150. The van der Waals surface area contributed by atoms with Crippen LogP contribution >= 0.6 is 0 Å². The van der Waals surface area contributed by atoms with E-state index < -0.39 is 0 Å².